The molecule has 1 heterocycles. The summed E-state index contributed by atoms with van der Waals surface area (Å²) in [5.74, 6) is 0.757. The van der Waals surface area contributed by atoms with E-state index in [-0.39, 0.29) is 18.4 Å². The van der Waals surface area contributed by atoms with Crippen LogP contribution >= 0.6 is 24.0 Å². The van der Waals surface area contributed by atoms with Crippen molar-refractivity contribution in [3.05, 3.63) is 23.1 Å². The molecule has 1 aromatic heterocycles. The highest BCUT2D eigenvalue weighted by molar-refractivity contribution is 6.28. The minimum atomic E-state index is -0.0208. The molecule has 0 amide bonds. The highest BCUT2D eigenvalue weighted by atomic mass is 35.5. The number of halogens is 2. The quantitative estimate of drug-likeness (QED) is 0.789. The van der Waals surface area contributed by atoms with Gasteiger partial charge in [-0.15, -0.1) is 12.4 Å². The van der Waals surface area contributed by atoms with Gasteiger partial charge < -0.3 is 10.2 Å². The van der Waals surface area contributed by atoms with Crippen molar-refractivity contribution in [2.45, 2.75) is 19.4 Å². The fourth-order valence-corrected chi connectivity index (χ4v) is 0.881. The maximum absolute atomic E-state index is 5.66. The molecule has 0 spiro atoms. The van der Waals surface area contributed by atoms with E-state index in [0.29, 0.717) is 5.22 Å². The van der Waals surface area contributed by atoms with E-state index in [2.05, 4.69) is 0 Å². The van der Waals surface area contributed by atoms with Crippen LogP contribution in [0.1, 0.15) is 25.1 Å². The van der Waals surface area contributed by atoms with Crippen molar-refractivity contribution in [3.63, 3.8) is 0 Å². The van der Waals surface area contributed by atoms with E-state index in [9.17, 15) is 0 Å². The summed E-state index contributed by atoms with van der Waals surface area (Å²) in [6.07, 6.45) is 0.865. The SMILES string of the molecule is CC[C@H](N)c1ccc(Cl)o1.Cl. The molecule has 64 valence electrons. The smallest absolute Gasteiger partial charge is 0.193 e. The molecule has 0 aliphatic rings. The maximum atomic E-state index is 5.66. The topological polar surface area (TPSA) is 39.2 Å². The zero-order chi connectivity index (χ0) is 7.56. The van der Waals surface area contributed by atoms with Crippen LogP contribution in [0, 0.1) is 0 Å². The van der Waals surface area contributed by atoms with Gasteiger partial charge in [-0.1, -0.05) is 6.92 Å². The molecule has 4 heteroatoms. The average Bonchev–Trinajstić information content (AvgIpc) is 2.34. The van der Waals surface area contributed by atoms with E-state index in [1.807, 2.05) is 6.92 Å². The fraction of sp³-hybridized carbons (Fsp3) is 0.429. The zero-order valence-corrected chi connectivity index (χ0v) is 7.78. The first kappa shape index (κ1) is 10.8. The van der Waals surface area contributed by atoms with Crippen molar-refractivity contribution < 1.29 is 4.42 Å². The van der Waals surface area contributed by atoms with Crippen LogP contribution in [0.25, 0.3) is 0 Å². The molecule has 0 saturated carbocycles. The van der Waals surface area contributed by atoms with Gasteiger partial charge in [0.25, 0.3) is 0 Å². The second-order valence-electron chi connectivity index (χ2n) is 2.16. The van der Waals surface area contributed by atoms with Crippen molar-refractivity contribution in [1.82, 2.24) is 0 Å². The Hall–Kier alpha value is -0.180. The Morgan fingerprint density at radius 2 is 2.27 bits per heavy atom. The first-order chi connectivity index (χ1) is 4.74. The molecule has 0 radical (unpaired) electrons. The highest BCUT2D eigenvalue weighted by Gasteiger charge is 2.06. The van der Waals surface area contributed by atoms with Crippen LogP contribution in [-0.4, -0.2) is 0 Å². The molecular formula is C7H11Cl2NO. The van der Waals surface area contributed by atoms with E-state index in [1.165, 1.54) is 0 Å². The molecule has 2 N–H and O–H groups in total. The Kier molecular flexibility index (Phi) is 4.57. The Morgan fingerprint density at radius 1 is 1.64 bits per heavy atom. The van der Waals surface area contributed by atoms with E-state index in [0.717, 1.165) is 12.2 Å². The van der Waals surface area contributed by atoms with Crippen molar-refractivity contribution in [3.8, 4) is 0 Å². The van der Waals surface area contributed by atoms with E-state index in [1.54, 1.807) is 12.1 Å². The van der Waals surface area contributed by atoms with Gasteiger partial charge in [0.05, 0.1) is 6.04 Å². The van der Waals surface area contributed by atoms with Crippen molar-refractivity contribution in [1.29, 1.82) is 0 Å². The zero-order valence-electron chi connectivity index (χ0n) is 6.21. The molecule has 1 atom stereocenters. The van der Waals surface area contributed by atoms with Gasteiger partial charge in [-0.3, -0.25) is 0 Å². The number of nitrogens with two attached hydrogens (primary N) is 1. The second kappa shape index (κ2) is 4.65. The van der Waals surface area contributed by atoms with Gasteiger partial charge in [0.1, 0.15) is 5.76 Å². The number of hydrogen-bond acceptors (Lipinski definition) is 2. The summed E-state index contributed by atoms with van der Waals surface area (Å²) in [5.41, 5.74) is 5.66. The van der Waals surface area contributed by atoms with Crippen LogP contribution < -0.4 is 5.73 Å². The Morgan fingerprint density at radius 3 is 2.64 bits per heavy atom. The molecule has 11 heavy (non-hydrogen) atoms. The molecule has 2 nitrogen and oxygen atoms in total. The molecule has 0 aromatic carbocycles. The molecule has 0 unspecified atom stereocenters. The predicted molar refractivity (Wildman–Crippen MR) is 48.2 cm³/mol. The first-order valence-corrected chi connectivity index (χ1v) is 3.62. The standard InChI is InChI=1S/C7H10ClNO.ClH/c1-2-5(9)6-3-4-7(8)10-6;/h3-5H,2,9H2,1H3;1H/t5-;/m0./s1. The molecule has 0 saturated heterocycles. The minimum absolute atomic E-state index is 0. The normalized spacial score (nSPS) is 12.3. The lowest BCUT2D eigenvalue weighted by atomic mass is 10.2. The van der Waals surface area contributed by atoms with Gasteiger partial charge in [-0.05, 0) is 30.2 Å². The predicted octanol–water partition coefficient (Wildman–Crippen LogP) is 2.76. The van der Waals surface area contributed by atoms with Crippen molar-refractivity contribution in [2.24, 2.45) is 5.73 Å². The molecule has 0 bridgehead atoms. The Balaban J connectivity index is 0.000001000. The largest absolute Gasteiger partial charge is 0.448 e. The average molecular weight is 196 g/mol. The van der Waals surface area contributed by atoms with Gasteiger partial charge in [0.15, 0.2) is 5.22 Å². The third kappa shape index (κ3) is 2.73. The molecule has 1 aromatic rings. The Labute approximate surface area is 77.1 Å². The van der Waals surface area contributed by atoms with Crippen LogP contribution in [0.2, 0.25) is 5.22 Å². The lowest BCUT2D eigenvalue weighted by Crippen LogP contribution is -2.06. The molecule has 0 fully saturated rings. The highest BCUT2D eigenvalue weighted by Crippen LogP contribution is 2.19. The van der Waals surface area contributed by atoms with Crippen LogP contribution in [0.4, 0.5) is 0 Å². The molecule has 1 rings (SSSR count). The van der Waals surface area contributed by atoms with Crippen LogP contribution in [0.3, 0.4) is 0 Å². The van der Waals surface area contributed by atoms with E-state index >= 15 is 0 Å². The minimum Gasteiger partial charge on any atom is -0.448 e. The number of furan rings is 1. The molecular weight excluding hydrogens is 185 g/mol. The lowest BCUT2D eigenvalue weighted by Gasteiger charge is -2.02. The first-order valence-electron chi connectivity index (χ1n) is 3.25. The summed E-state index contributed by atoms with van der Waals surface area (Å²) in [5, 5.41) is 0.402. The second-order valence-corrected chi connectivity index (χ2v) is 2.53. The van der Waals surface area contributed by atoms with Gasteiger partial charge in [0.2, 0.25) is 0 Å². The van der Waals surface area contributed by atoms with Crippen LogP contribution in [0.5, 0.6) is 0 Å². The van der Waals surface area contributed by atoms with Crippen molar-refractivity contribution >= 4 is 24.0 Å². The van der Waals surface area contributed by atoms with Gasteiger partial charge in [-0.25, -0.2) is 0 Å². The summed E-state index contributed by atoms with van der Waals surface area (Å²) in [6, 6.07) is 3.48. The van der Waals surface area contributed by atoms with E-state index < -0.39 is 0 Å². The van der Waals surface area contributed by atoms with E-state index in [4.69, 9.17) is 21.8 Å². The number of rotatable bonds is 2. The third-order valence-electron chi connectivity index (χ3n) is 1.40. The van der Waals surface area contributed by atoms with Gasteiger partial charge in [-0.2, -0.15) is 0 Å². The number of hydrogen-bond donors (Lipinski definition) is 1. The lowest BCUT2D eigenvalue weighted by molar-refractivity contribution is 0.462. The molecule has 0 aliphatic heterocycles. The monoisotopic (exact) mass is 195 g/mol. The van der Waals surface area contributed by atoms with Crippen molar-refractivity contribution in [2.75, 3.05) is 0 Å². The summed E-state index contributed by atoms with van der Waals surface area (Å²) >= 11 is 5.54. The Bertz CT molecular complexity index is 212. The fourth-order valence-electron chi connectivity index (χ4n) is 0.729. The van der Waals surface area contributed by atoms with Crippen LogP contribution in [0.15, 0.2) is 16.5 Å². The van der Waals surface area contributed by atoms with Crippen LogP contribution in [-0.2, 0) is 0 Å². The summed E-state index contributed by atoms with van der Waals surface area (Å²) in [4.78, 5) is 0. The summed E-state index contributed by atoms with van der Waals surface area (Å²) < 4.78 is 5.08. The maximum Gasteiger partial charge on any atom is 0.193 e. The van der Waals surface area contributed by atoms with Gasteiger partial charge >= 0.3 is 0 Å². The molecule has 0 aliphatic carbocycles. The third-order valence-corrected chi connectivity index (χ3v) is 1.60. The summed E-state index contributed by atoms with van der Waals surface area (Å²) in [6.45, 7) is 2.00. The van der Waals surface area contributed by atoms with Gasteiger partial charge in [0, 0.05) is 0 Å². The summed E-state index contributed by atoms with van der Waals surface area (Å²) in [7, 11) is 0.